The Balaban J connectivity index is 1.52. The van der Waals surface area contributed by atoms with Gasteiger partial charge in [0.2, 0.25) is 0 Å². The smallest absolute Gasteiger partial charge is 0.191 e. The van der Waals surface area contributed by atoms with E-state index in [1.807, 2.05) is 19.0 Å². The van der Waals surface area contributed by atoms with Crippen LogP contribution in [0.1, 0.15) is 51.1 Å². The van der Waals surface area contributed by atoms with Gasteiger partial charge in [0.25, 0.3) is 0 Å². The van der Waals surface area contributed by atoms with Crippen LogP contribution in [0.4, 0.5) is 5.13 Å². The molecule has 1 heterocycles. The third kappa shape index (κ3) is 4.62. The SMILES string of the molecule is CCNC(=NCc1csc(N(C)C)n1)NC1CC1C1CCCCC1. The Bertz CT molecular complexity index is 547. The third-order valence-corrected chi connectivity index (χ3v) is 6.14. The monoisotopic (exact) mass is 349 g/mol. The summed E-state index contributed by atoms with van der Waals surface area (Å²) in [6.07, 6.45) is 8.48. The summed E-state index contributed by atoms with van der Waals surface area (Å²) in [5.41, 5.74) is 1.04. The number of hydrogen-bond acceptors (Lipinski definition) is 4. The molecule has 0 spiro atoms. The fraction of sp³-hybridized carbons (Fsp3) is 0.778. The fourth-order valence-electron chi connectivity index (χ4n) is 3.69. The number of rotatable bonds is 6. The van der Waals surface area contributed by atoms with Crippen molar-refractivity contribution in [2.75, 3.05) is 25.5 Å². The minimum atomic E-state index is 0.624. The number of aromatic nitrogens is 1. The first-order valence-electron chi connectivity index (χ1n) is 9.34. The van der Waals surface area contributed by atoms with Gasteiger partial charge in [-0.3, -0.25) is 0 Å². The van der Waals surface area contributed by atoms with E-state index in [4.69, 9.17) is 4.99 Å². The predicted molar refractivity (Wildman–Crippen MR) is 103 cm³/mol. The number of nitrogens with one attached hydrogen (secondary N) is 2. The predicted octanol–water partition coefficient (Wildman–Crippen LogP) is 3.23. The highest BCUT2D eigenvalue weighted by Gasteiger charge is 2.43. The topological polar surface area (TPSA) is 52.6 Å². The number of nitrogens with zero attached hydrogens (tertiary/aromatic N) is 3. The van der Waals surface area contributed by atoms with E-state index >= 15 is 0 Å². The summed E-state index contributed by atoms with van der Waals surface area (Å²) in [5.74, 6) is 2.76. The van der Waals surface area contributed by atoms with E-state index in [1.165, 1.54) is 38.5 Å². The van der Waals surface area contributed by atoms with Crippen molar-refractivity contribution in [2.24, 2.45) is 16.8 Å². The second-order valence-electron chi connectivity index (χ2n) is 7.26. The number of hydrogen-bond donors (Lipinski definition) is 2. The molecule has 0 radical (unpaired) electrons. The van der Waals surface area contributed by atoms with Crippen molar-refractivity contribution in [1.29, 1.82) is 0 Å². The molecule has 134 valence electrons. The Morgan fingerprint density at radius 2 is 2.12 bits per heavy atom. The Labute approximate surface area is 150 Å². The minimum absolute atomic E-state index is 0.624. The van der Waals surface area contributed by atoms with E-state index < -0.39 is 0 Å². The van der Waals surface area contributed by atoms with Crippen LogP contribution in [0.5, 0.6) is 0 Å². The molecule has 0 bridgehead atoms. The quantitative estimate of drug-likeness (QED) is 0.611. The van der Waals surface area contributed by atoms with Gasteiger partial charge in [0.1, 0.15) is 0 Å². The first-order valence-corrected chi connectivity index (χ1v) is 10.2. The van der Waals surface area contributed by atoms with Gasteiger partial charge in [0.05, 0.1) is 12.2 Å². The van der Waals surface area contributed by atoms with Crippen molar-refractivity contribution in [2.45, 2.75) is 58.0 Å². The van der Waals surface area contributed by atoms with E-state index in [9.17, 15) is 0 Å². The van der Waals surface area contributed by atoms with Gasteiger partial charge in [-0.25, -0.2) is 9.98 Å². The van der Waals surface area contributed by atoms with Gasteiger partial charge >= 0.3 is 0 Å². The maximum absolute atomic E-state index is 4.74. The molecule has 2 aliphatic carbocycles. The van der Waals surface area contributed by atoms with Gasteiger partial charge in [-0.15, -0.1) is 11.3 Å². The second-order valence-corrected chi connectivity index (χ2v) is 8.10. The van der Waals surface area contributed by atoms with Gasteiger partial charge in [-0.2, -0.15) is 0 Å². The summed E-state index contributed by atoms with van der Waals surface area (Å²) in [4.78, 5) is 11.4. The maximum atomic E-state index is 4.74. The van der Waals surface area contributed by atoms with E-state index in [-0.39, 0.29) is 0 Å². The Kier molecular flexibility index (Phi) is 5.98. The number of thiazole rings is 1. The fourth-order valence-corrected chi connectivity index (χ4v) is 4.44. The Hall–Kier alpha value is -1.30. The van der Waals surface area contributed by atoms with Crippen molar-refractivity contribution < 1.29 is 0 Å². The van der Waals surface area contributed by atoms with Crippen LogP contribution >= 0.6 is 11.3 Å². The highest BCUT2D eigenvalue weighted by Crippen LogP contribution is 2.44. The van der Waals surface area contributed by atoms with Crippen LogP contribution in [0.25, 0.3) is 0 Å². The van der Waals surface area contributed by atoms with Crippen LogP contribution in [0.2, 0.25) is 0 Å². The van der Waals surface area contributed by atoms with Crippen molar-refractivity contribution in [3.05, 3.63) is 11.1 Å². The van der Waals surface area contributed by atoms with E-state index in [0.29, 0.717) is 12.6 Å². The molecule has 0 saturated heterocycles. The third-order valence-electron chi connectivity index (χ3n) is 5.08. The summed E-state index contributed by atoms with van der Waals surface area (Å²) < 4.78 is 0. The molecule has 3 rings (SSSR count). The van der Waals surface area contributed by atoms with Gasteiger partial charge in [0, 0.05) is 32.1 Å². The molecule has 2 aliphatic rings. The summed E-state index contributed by atoms with van der Waals surface area (Å²) >= 11 is 1.67. The van der Waals surface area contributed by atoms with E-state index in [2.05, 4.69) is 27.9 Å². The number of guanidine groups is 1. The average molecular weight is 350 g/mol. The van der Waals surface area contributed by atoms with Crippen LogP contribution in [0.3, 0.4) is 0 Å². The van der Waals surface area contributed by atoms with Gasteiger partial charge in [-0.1, -0.05) is 32.1 Å². The molecule has 0 aromatic carbocycles. The highest BCUT2D eigenvalue weighted by atomic mass is 32.1. The van der Waals surface area contributed by atoms with Crippen LogP contribution in [0.15, 0.2) is 10.4 Å². The summed E-state index contributed by atoms with van der Waals surface area (Å²) in [6, 6.07) is 0.624. The maximum Gasteiger partial charge on any atom is 0.191 e. The number of anilines is 1. The molecule has 2 fully saturated rings. The van der Waals surface area contributed by atoms with Crippen LogP contribution in [0, 0.1) is 11.8 Å². The van der Waals surface area contributed by atoms with Gasteiger partial charge in [-0.05, 0) is 25.2 Å². The van der Waals surface area contributed by atoms with Crippen LogP contribution in [-0.2, 0) is 6.54 Å². The zero-order chi connectivity index (χ0) is 16.9. The standard InChI is InChI=1S/C18H31N5S/c1-4-19-17(20-11-14-12-24-18(21-14)23(2)3)22-16-10-15(16)13-8-6-5-7-9-13/h12-13,15-16H,4-11H2,1-3H3,(H2,19,20,22). The molecule has 0 amide bonds. The van der Waals surface area contributed by atoms with Crippen molar-refractivity contribution >= 4 is 22.4 Å². The first-order chi connectivity index (χ1) is 11.7. The lowest BCUT2D eigenvalue weighted by Gasteiger charge is -2.22. The normalized spacial score (nSPS) is 24.7. The molecule has 5 nitrogen and oxygen atoms in total. The van der Waals surface area contributed by atoms with Gasteiger partial charge in [0.15, 0.2) is 11.1 Å². The molecule has 6 heteroatoms. The van der Waals surface area contributed by atoms with Crippen LogP contribution < -0.4 is 15.5 Å². The molecule has 2 atom stereocenters. The van der Waals surface area contributed by atoms with E-state index in [0.717, 1.165) is 35.2 Å². The Morgan fingerprint density at radius 3 is 2.79 bits per heavy atom. The molecule has 2 unspecified atom stereocenters. The van der Waals surface area contributed by atoms with E-state index in [1.54, 1.807) is 11.3 Å². The van der Waals surface area contributed by atoms with Crippen molar-refractivity contribution in [3.63, 3.8) is 0 Å². The molecule has 0 aliphatic heterocycles. The zero-order valence-electron chi connectivity index (χ0n) is 15.2. The summed E-state index contributed by atoms with van der Waals surface area (Å²) in [6.45, 7) is 3.66. The summed E-state index contributed by atoms with van der Waals surface area (Å²) in [5, 5.41) is 10.2. The second kappa shape index (κ2) is 8.19. The lowest BCUT2D eigenvalue weighted by Crippen LogP contribution is -2.39. The molecule has 1 aromatic heterocycles. The molecule has 2 saturated carbocycles. The van der Waals surface area contributed by atoms with Crippen molar-refractivity contribution in [3.8, 4) is 0 Å². The molecule has 2 N–H and O–H groups in total. The van der Waals surface area contributed by atoms with Crippen LogP contribution in [-0.4, -0.2) is 37.6 Å². The lowest BCUT2D eigenvalue weighted by molar-refractivity contribution is 0.315. The Morgan fingerprint density at radius 1 is 1.33 bits per heavy atom. The molecular weight excluding hydrogens is 318 g/mol. The van der Waals surface area contributed by atoms with Crippen molar-refractivity contribution in [1.82, 2.24) is 15.6 Å². The molecule has 24 heavy (non-hydrogen) atoms. The summed E-state index contributed by atoms with van der Waals surface area (Å²) in [7, 11) is 4.05. The first kappa shape index (κ1) is 17.5. The highest BCUT2D eigenvalue weighted by molar-refractivity contribution is 7.13. The average Bonchev–Trinajstić information content (AvgIpc) is 3.18. The minimum Gasteiger partial charge on any atom is -0.357 e. The molecular formula is C18H31N5S. The zero-order valence-corrected chi connectivity index (χ0v) is 16.0. The molecule has 1 aromatic rings. The lowest BCUT2D eigenvalue weighted by atomic mass is 9.85. The van der Waals surface area contributed by atoms with Gasteiger partial charge < -0.3 is 15.5 Å². The largest absolute Gasteiger partial charge is 0.357 e. The number of aliphatic imine (C=N–C) groups is 1.